The molecule has 152 valence electrons. The predicted octanol–water partition coefficient (Wildman–Crippen LogP) is 6.55. The highest BCUT2D eigenvalue weighted by molar-refractivity contribution is 9.10. The number of hydrogen-bond donors (Lipinski definition) is 1. The van der Waals surface area contributed by atoms with Gasteiger partial charge >= 0.3 is 0 Å². The van der Waals surface area contributed by atoms with Crippen LogP contribution in [0.5, 0.6) is 11.5 Å². The van der Waals surface area contributed by atoms with E-state index in [9.17, 15) is 0 Å². The van der Waals surface area contributed by atoms with Gasteiger partial charge in [0.15, 0.2) is 11.5 Å². The van der Waals surface area contributed by atoms with Crippen molar-refractivity contribution in [1.82, 2.24) is 5.32 Å². The molecule has 1 aliphatic carbocycles. The molecule has 28 heavy (non-hydrogen) atoms. The minimum absolute atomic E-state index is 0.529. The number of methoxy groups -OCH3 is 1. The predicted molar refractivity (Wildman–Crippen MR) is 119 cm³/mol. The van der Waals surface area contributed by atoms with Crippen molar-refractivity contribution in [2.24, 2.45) is 0 Å². The van der Waals surface area contributed by atoms with Gasteiger partial charge in [-0.25, -0.2) is 0 Å². The first-order valence-electron chi connectivity index (χ1n) is 10.4. The van der Waals surface area contributed by atoms with E-state index in [1.165, 1.54) is 61.6 Å². The number of rotatable bonds is 7. The maximum atomic E-state index is 6.11. The van der Waals surface area contributed by atoms with Crippen LogP contribution in [0.15, 0.2) is 40.9 Å². The van der Waals surface area contributed by atoms with Gasteiger partial charge in [0, 0.05) is 12.6 Å². The summed E-state index contributed by atoms with van der Waals surface area (Å²) in [6.45, 7) is 3.49. The van der Waals surface area contributed by atoms with Gasteiger partial charge in [0.05, 0.1) is 11.6 Å². The topological polar surface area (TPSA) is 30.5 Å². The van der Waals surface area contributed by atoms with Crippen LogP contribution in [0.4, 0.5) is 0 Å². The Morgan fingerprint density at radius 2 is 1.75 bits per heavy atom. The SMILES string of the molecule is COc1cc(CNC2CCCCCCC2)cc(Br)c1OCc1ccccc1C. The molecule has 0 spiro atoms. The zero-order valence-corrected chi connectivity index (χ0v) is 18.7. The van der Waals surface area contributed by atoms with Crippen LogP contribution in [0.1, 0.15) is 61.6 Å². The summed E-state index contributed by atoms with van der Waals surface area (Å²) in [4.78, 5) is 0. The monoisotopic (exact) mass is 445 g/mol. The average Bonchev–Trinajstić information content (AvgIpc) is 2.67. The lowest BCUT2D eigenvalue weighted by molar-refractivity contribution is 0.281. The summed E-state index contributed by atoms with van der Waals surface area (Å²) < 4.78 is 12.7. The zero-order chi connectivity index (χ0) is 19.8. The quantitative estimate of drug-likeness (QED) is 0.523. The van der Waals surface area contributed by atoms with Crippen molar-refractivity contribution < 1.29 is 9.47 Å². The molecule has 2 aromatic rings. The second kappa shape index (κ2) is 10.9. The van der Waals surface area contributed by atoms with Crippen molar-refractivity contribution in [1.29, 1.82) is 0 Å². The van der Waals surface area contributed by atoms with E-state index in [2.05, 4.69) is 52.4 Å². The third-order valence-electron chi connectivity index (χ3n) is 5.62. The van der Waals surface area contributed by atoms with E-state index in [4.69, 9.17) is 9.47 Å². The zero-order valence-electron chi connectivity index (χ0n) is 17.1. The Balaban J connectivity index is 1.64. The second-order valence-corrected chi connectivity index (χ2v) is 8.60. The van der Waals surface area contributed by atoms with Gasteiger partial charge in [0.25, 0.3) is 0 Å². The number of nitrogens with one attached hydrogen (secondary N) is 1. The van der Waals surface area contributed by atoms with Crippen LogP contribution in [0.3, 0.4) is 0 Å². The minimum atomic E-state index is 0.529. The largest absolute Gasteiger partial charge is 0.493 e. The lowest BCUT2D eigenvalue weighted by Crippen LogP contribution is -2.29. The van der Waals surface area contributed by atoms with Crippen LogP contribution in [0.2, 0.25) is 0 Å². The molecule has 2 aromatic carbocycles. The van der Waals surface area contributed by atoms with Crippen LogP contribution >= 0.6 is 15.9 Å². The van der Waals surface area contributed by atoms with Gasteiger partial charge in [-0.2, -0.15) is 0 Å². The van der Waals surface area contributed by atoms with Gasteiger partial charge in [-0.05, 0) is 64.5 Å². The minimum Gasteiger partial charge on any atom is -0.493 e. The van der Waals surface area contributed by atoms with Gasteiger partial charge in [-0.15, -0.1) is 0 Å². The highest BCUT2D eigenvalue weighted by atomic mass is 79.9. The normalized spacial score (nSPS) is 15.7. The first-order valence-corrected chi connectivity index (χ1v) is 11.2. The van der Waals surface area contributed by atoms with Gasteiger partial charge in [0.1, 0.15) is 6.61 Å². The third kappa shape index (κ3) is 5.99. The maximum Gasteiger partial charge on any atom is 0.175 e. The molecule has 1 saturated carbocycles. The Morgan fingerprint density at radius 1 is 1.04 bits per heavy atom. The average molecular weight is 446 g/mol. The van der Waals surface area contributed by atoms with Crippen LogP contribution in [-0.2, 0) is 13.2 Å². The molecule has 0 unspecified atom stereocenters. The molecule has 0 radical (unpaired) electrons. The first kappa shape index (κ1) is 21.2. The molecular weight excluding hydrogens is 414 g/mol. The van der Waals surface area contributed by atoms with Gasteiger partial charge in [-0.3, -0.25) is 0 Å². The Bertz CT molecular complexity index is 754. The maximum absolute atomic E-state index is 6.11. The molecule has 3 rings (SSSR count). The van der Waals surface area contributed by atoms with Crippen molar-refractivity contribution >= 4 is 15.9 Å². The molecule has 0 amide bonds. The highest BCUT2D eigenvalue weighted by Crippen LogP contribution is 2.37. The lowest BCUT2D eigenvalue weighted by Gasteiger charge is -2.22. The van der Waals surface area contributed by atoms with Gasteiger partial charge in [0.2, 0.25) is 0 Å². The van der Waals surface area contributed by atoms with E-state index in [1.807, 2.05) is 12.1 Å². The molecule has 0 saturated heterocycles. The molecule has 1 N–H and O–H groups in total. The summed E-state index contributed by atoms with van der Waals surface area (Å²) in [5.41, 5.74) is 3.64. The second-order valence-electron chi connectivity index (χ2n) is 7.75. The molecule has 0 bridgehead atoms. The summed E-state index contributed by atoms with van der Waals surface area (Å²) in [6.07, 6.45) is 9.42. The Kier molecular flexibility index (Phi) is 8.23. The Hall–Kier alpha value is -1.52. The summed E-state index contributed by atoms with van der Waals surface area (Å²) in [6, 6.07) is 13.2. The van der Waals surface area contributed by atoms with Gasteiger partial charge in [-0.1, -0.05) is 56.4 Å². The van der Waals surface area contributed by atoms with Crippen molar-refractivity contribution in [3.05, 3.63) is 57.6 Å². The van der Waals surface area contributed by atoms with Crippen LogP contribution in [-0.4, -0.2) is 13.2 Å². The number of benzene rings is 2. The molecule has 0 aromatic heterocycles. The molecule has 4 heteroatoms. The number of aryl methyl sites for hydroxylation is 1. The van der Waals surface area contributed by atoms with Crippen LogP contribution in [0.25, 0.3) is 0 Å². The fourth-order valence-electron chi connectivity index (χ4n) is 3.86. The van der Waals surface area contributed by atoms with E-state index >= 15 is 0 Å². The van der Waals surface area contributed by atoms with E-state index in [0.717, 1.165) is 22.5 Å². The molecule has 0 atom stereocenters. The highest BCUT2D eigenvalue weighted by Gasteiger charge is 2.15. The van der Waals surface area contributed by atoms with Crippen LogP contribution < -0.4 is 14.8 Å². The Labute approximate surface area is 178 Å². The fourth-order valence-corrected chi connectivity index (χ4v) is 4.46. The van der Waals surface area contributed by atoms with Crippen molar-refractivity contribution in [2.45, 2.75) is 71.1 Å². The smallest absolute Gasteiger partial charge is 0.175 e. The number of halogens is 1. The first-order chi connectivity index (χ1) is 13.7. The van der Waals surface area contributed by atoms with Crippen molar-refractivity contribution in [3.63, 3.8) is 0 Å². The number of ether oxygens (including phenoxy) is 2. The van der Waals surface area contributed by atoms with Crippen LogP contribution in [0, 0.1) is 6.92 Å². The standard InChI is InChI=1S/C24H32BrNO2/c1-18-10-8-9-11-20(18)17-28-24-22(25)14-19(15-23(24)27-2)16-26-21-12-6-4-3-5-7-13-21/h8-11,14-15,21,26H,3-7,12-13,16-17H2,1-2H3. The molecule has 0 aliphatic heterocycles. The van der Waals surface area contributed by atoms with E-state index < -0.39 is 0 Å². The van der Waals surface area contributed by atoms with Crippen molar-refractivity contribution in [2.75, 3.05) is 7.11 Å². The number of hydrogen-bond acceptors (Lipinski definition) is 3. The van der Waals surface area contributed by atoms with E-state index in [0.29, 0.717) is 12.6 Å². The summed E-state index contributed by atoms with van der Waals surface area (Å²) >= 11 is 3.69. The van der Waals surface area contributed by atoms with Gasteiger partial charge < -0.3 is 14.8 Å². The fraction of sp³-hybridized carbons (Fsp3) is 0.500. The molecule has 3 nitrogen and oxygen atoms in total. The van der Waals surface area contributed by atoms with E-state index in [-0.39, 0.29) is 0 Å². The summed E-state index contributed by atoms with van der Waals surface area (Å²) in [5, 5.41) is 3.75. The third-order valence-corrected chi connectivity index (χ3v) is 6.21. The molecular formula is C24H32BrNO2. The molecule has 1 fully saturated rings. The summed E-state index contributed by atoms with van der Waals surface area (Å²) in [5.74, 6) is 1.54. The molecule has 0 heterocycles. The summed E-state index contributed by atoms with van der Waals surface area (Å²) in [7, 11) is 1.70. The Morgan fingerprint density at radius 3 is 2.46 bits per heavy atom. The van der Waals surface area contributed by atoms with E-state index in [1.54, 1.807) is 7.11 Å². The molecule has 1 aliphatic rings. The van der Waals surface area contributed by atoms with Crippen molar-refractivity contribution in [3.8, 4) is 11.5 Å². The lowest BCUT2D eigenvalue weighted by atomic mass is 9.96.